The normalized spacial score (nSPS) is 11.9. The molecule has 1 amide bonds. The monoisotopic (exact) mass is 262 g/mol. The Morgan fingerprint density at radius 3 is 2.32 bits per heavy atom. The first-order valence-corrected chi connectivity index (χ1v) is 5.63. The third kappa shape index (κ3) is 3.28. The second-order valence-corrected chi connectivity index (χ2v) is 4.04. The molecule has 0 aliphatic heterocycles. The van der Waals surface area contributed by atoms with Gasteiger partial charge in [-0.3, -0.25) is 4.79 Å². The van der Waals surface area contributed by atoms with Gasteiger partial charge in [0.15, 0.2) is 0 Å². The number of hydrogen-bond acceptors (Lipinski definition) is 2. The molecule has 0 heterocycles. The van der Waals surface area contributed by atoms with Crippen molar-refractivity contribution in [2.45, 2.75) is 6.04 Å². The minimum absolute atomic E-state index is 0.382. The molecule has 0 fully saturated rings. The van der Waals surface area contributed by atoms with Crippen LogP contribution in [0.4, 0.5) is 14.5 Å². The molecule has 0 aliphatic rings. The van der Waals surface area contributed by atoms with Crippen LogP contribution in [0.15, 0.2) is 48.5 Å². The molecule has 0 radical (unpaired) electrons. The van der Waals surface area contributed by atoms with E-state index >= 15 is 0 Å². The van der Waals surface area contributed by atoms with Crippen LogP contribution < -0.4 is 11.1 Å². The van der Waals surface area contributed by atoms with Crippen LogP contribution in [0, 0.1) is 11.6 Å². The van der Waals surface area contributed by atoms with Crippen LogP contribution in [-0.2, 0) is 4.79 Å². The summed E-state index contributed by atoms with van der Waals surface area (Å²) in [5.41, 5.74) is 6.23. The van der Waals surface area contributed by atoms with Gasteiger partial charge < -0.3 is 11.1 Å². The molecule has 1 unspecified atom stereocenters. The Morgan fingerprint density at radius 1 is 1.05 bits per heavy atom. The molecule has 3 N–H and O–H groups in total. The van der Waals surface area contributed by atoms with Crippen molar-refractivity contribution in [3.63, 3.8) is 0 Å². The first kappa shape index (κ1) is 13.0. The van der Waals surface area contributed by atoms with Crippen molar-refractivity contribution in [3.8, 4) is 0 Å². The van der Waals surface area contributed by atoms with Crippen LogP contribution in [0.2, 0.25) is 0 Å². The van der Waals surface area contributed by atoms with Crippen molar-refractivity contribution in [2.24, 2.45) is 5.73 Å². The zero-order valence-corrected chi connectivity index (χ0v) is 9.94. The van der Waals surface area contributed by atoms with E-state index in [0.717, 1.165) is 0 Å². The molecule has 0 aliphatic carbocycles. The fourth-order valence-corrected chi connectivity index (χ4v) is 1.72. The Hall–Kier alpha value is -2.43. The van der Waals surface area contributed by atoms with Gasteiger partial charge in [0.05, 0.1) is 0 Å². The lowest BCUT2D eigenvalue weighted by atomic mass is 10.1. The zero-order chi connectivity index (χ0) is 13.8. The molecule has 0 spiro atoms. The zero-order valence-electron chi connectivity index (χ0n) is 9.94. The number of anilines is 1. The lowest BCUT2D eigenvalue weighted by Crippen LogP contribution is -2.27. The molecule has 1 atom stereocenters. The van der Waals surface area contributed by atoms with Gasteiger partial charge in [-0.05, 0) is 42.0 Å². The van der Waals surface area contributed by atoms with Gasteiger partial charge in [0.25, 0.3) is 0 Å². The Balaban J connectivity index is 2.26. The van der Waals surface area contributed by atoms with Crippen LogP contribution in [0.5, 0.6) is 0 Å². The van der Waals surface area contributed by atoms with Crippen LogP contribution in [0.3, 0.4) is 0 Å². The lowest BCUT2D eigenvalue weighted by molar-refractivity contribution is -0.118. The summed E-state index contributed by atoms with van der Waals surface area (Å²) in [6.45, 7) is 0. The van der Waals surface area contributed by atoms with Crippen LogP contribution >= 0.6 is 0 Å². The summed E-state index contributed by atoms with van der Waals surface area (Å²) in [5, 5.41) is 2.84. The first-order valence-electron chi connectivity index (χ1n) is 5.63. The highest BCUT2D eigenvalue weighted by Crippen LogP contribution is 2.20. The van der Waals surface area contributed by atoms with E-state index in [1.54, 1.807) is 6.07 Å². The van der Waals surface area contributed by atoms with E-state index in [1.165, 1.54) is 42.5 Å². The average Bonchev–Trinajstić information content (AvgIpc) is 2.37. The van der Waals surface area contributed by atoms with E-state index in [9.17, 15) is 13.6 Å². The molecule has 0 bridgehead atoms. The number of rotatable bonds is 4. The molecule has 0 saturated carbocycles. The number of halogens is 2. The predicted octanol–water partition coefficient (Wildman–Crippen LogP) is 2.60. The molecule has 0 saturated heterocycles. The number of carbonyl (C=O) groups is 1. The molecule has 2 aromatic rings. The number of benzene rings is 2. The second-order valence-electron chi connectivity index (χ2n) is 4.04. The molecule has 98 valence electrons. The third-order valence-corrected chi connectivity index (χ3v) is 2.62. The Labute approximate surface area is 109 Å². The largest absolute Gasteiger partial charge is 0.370 e. The van der Waals surface area contributed by atoms with Gasteiger partial charge in [0.1, 0.15) is 17.7 Å². The number of nitrogens with one attached hydrogen (secondary N) is 1. The minimum Gasteiger partial charge on any atom is -0.370 e. The maximum absolute atomic E-state index is 13.2. The highest BCUT2D eigenvalue weighted by Gasteiger charge is 2.18. The summed E-state index contributed by atoms with van der Waals surface area (Å²) >= 11 is 0. The highest BCUT2D eigenvalue weighted by molar-refractivity contribution is 5.84. The quantitative estimate of drug-likeness (QED) is 0.889. The lowest BCUT2D eigenvalue weighted by Gasteiger charge is -2.17. The third-order valence-electron chi connectivity index (χ3n) is 2.62. The molecule has 5 heteroatoms. The number of hydrogen-bond donors (Lipinski definition) is 2. The molecule has 0 aromatic heterocycles. The maximum atomic E-state index is 13.2. The van der Waals surface area contributed by atoms with Crippen molar-refractivity contribution in [1.29, 1.82) is 0 Å². The summed E-state index contributed by atoms with van der Waals surface area (Å²) in [6.07, 6.45) is 0. The number of nitrogens with two attached hydrogens (primary N) is 1. The molecule has 2 rings (SSSR count). The second kappa shape index (κ2) is 5.48. The Kier molecular flexibility index (Phi) is 3.75. The van der Waals surface area contributed by atoms with Crippen molar-refractivity contribution in [3.05, 3.63) is 65.7 Å². The van der Waals surface area contributed by atoms with Crippen molar-refractivity contribution in [2.75, 3.05) is 5.32 Å². The SMILES string of the molecule is NC(=O)C(Nc1ccc(F)cc1)c1cccc(F)c1. The van der Waals surface area contributed by atoms with Gasteiger partial charge >= 0.3 is 0 Å². The minimum atomic E-state index is -0.874. The van der Waals surface area contributed by atoms with Crippen molar-refractivity contribution < 1.29 is 13.6 Å². The van der Waals surface area contributed by atoms with E-state index in [1.807, 2.05) is 0 Å². The predicted molar refractivity (Wildman–Crippen MR) is 68.4 cm³/mol. The first-order chi connectivity index (χ1) is 9.06. The number of amides is 1. The van der Waals surface area contributed by atoms with Crippen molar-refractivity contribution >= 4 is 11.6 Å². The standard InChI is InChI=1S/C14H12F2N2O/c15-10-4-6-12(7-5-10)18-13(14(17)19)9-2-1-3-11(16)8-9/h1-8,13,18H,(H2,17,19). The topological polar surface area (TPSA) is 55.1 Å². The van der Waals surface area contributed by atoms with Crippen LogP contribution in [0.1, 0.15) is 11.6 Å². The van der Waals surface area contributed by atoms with E-state index in [2.05, 4.69) is 5.32 Å². The Morgan fingerprint density at radius 2 is 1.74 bits per heavy atom. The molecule has 19 heavy (non-hydrogen) atoms. The van der Waals surface area contributed by atoms with Gasteiger partial charge in [-0.1, -0.05) is 12.1 Å². The molecule has 2 aromatic carbocycles. The van der Waals surface area contributed by atoms with Gasteiger partial charge in [-0.25, -0.2) is 8.78 Å². The Bertz CT molecular complexity index is 584. The average molecular weight is 262 g/mol. The molecular weight excluding hydrogens is 250 g/mol. The summed E-state index contributed by atoms with van der Waals surface area (Å²) < 4.78 is 25.9. The van der Waals surface area contributed by atoms with Crippen LogP contribution in [-0.4, -0.2) is 5.91 Å². The van der Waals surface area contributed by atoms with Gasteiger partial charge in [0.2, 0.25) is 5.91 Å². The fraction of sp³-hybridized carbons (Fsp3) is 0.0714. The van der Waals surface area contributed by atoms with E-state index < -0.39 is 17.8 Å². The van der Waals surface area contributed by atoms with Gasteiger partial charge in [0, 0.05) is 5.69 Å². The maximum Gasteiger partial charge on any atom is 0.244 e. The summed E-state index contributed by atoms with van der Waals surface area (Å²) in [7, 11) is 0. The fourth-order valence-electron chi connectivity index (χ4n) is 1.72. The number of carbonyl (C=O) groups excluding carboxylic acids is 1. The molecule has 3 nitrogen and oxygen atoms in total. The molecular formula is C14H12F2N2O. The van der Waals surface area contributed by atoms with E-state index in [-0.39, 0.29) is 5.82 Å². The van der Waals surface area contributed by atoms with Crippen molar-refractivity contribution in [1.82, 2.24) is 0 Å². The van der Waals surface area contributed by atoms with Gasteiger partial charge in [-0.15, -0.1) is 0 Å². The summed E-state index contributed by atoms with van der Waals surface area (Å²) in [4.78, 5) is 11.4. The summed E-state index contributed by atoms with van der Waals surface area (Å²) in [6, 6.07) is 10.2. The van der Waals surface area contributed by atoms with Gasteiger partial charge in [-0.2, -0.15) is 0 Å². The van der Waals surface area contributed by atoms with Crippen LogP contribution in [0.25, 0.3) is 0 Å². The number of primary amides is 1. The smallest absolute Gasteiger partial charge is 0.244 e. The van der Waals surface area contributed by atoms with E-state index in [4.69, 9.17) is 5.73 Å². The highest BCUT2D eigenvalue weighted by atomic mass is 19.1. The summed E-state index contributed by atoms with van der Waals surface area (Å²) in [5.74, 6) is -1.48. The van der Waals surface area contributed by atoms with E-state index in [0.29, 0.717) is 11.3 Å².